The van der Waals surface area contributed by atoms with E-state index < -0.39 is 17.9 Å². The molecular formula is C9H14O4. The molecule has 0 bridgehead atoms. The molecule has 0 aromatic rings. The van der Waals surface area contributed by atoms with Crippen molar-refractivity contribution in [3.05, 3.63) is 12.2 Å². The van der Waals surface area contributed by atoms with Crippen molar-refractivity contribution < 1.29 is 19.8 Å². The van der Waals surface area contributed by atoms with Gasteiger partial charge in [-0.1, -0.05) is 25.5 Å². The number of unbranched alkanes of at least 4 members (excludes halogenated alkanes) is 1. The summed E-state index contributed by atoms with van der Waals surface area (Å²) < 4.78 is 0. The molecule has 0 radical (unpaired) electrons. The van der Waals surface area contributed by atoms with Crippen molar-refractivity contribution in [2.75, 3.05) is 0 Å². The second-order valence-corrected chi connectivity index (χ2v) is 2.76. The van der Waals surface area contributed by atoms with Gasteiger partial charge in [-0.15, -0.1) is 0 Å². The fraction of sp³-hybridized carbons (Fsp3) is 0.556. The number of aliphatic carboxylic acids is 2. The van der Waals surface area contributed by atoms with E-state index in [-0.39, 0.29) is 6.42 Å². The molecular weight excluding hydrogens is 172 g/mol. The monoisotopic (exact) mass is 186 g/mol. The van der Waals surface area contributed by atoms with Crippen LogP contribution in [-0.4, -0.2) is 22.2 Å². The number of hydrogen-bond acceptors (Lipinski definition) is 2. The summed E-state index contributed by atoms with van der Waals surface area (Å²) in [5, 5.41) is 17.0. The zero-order valence-electron chi connectivity index (χ0n) is 7.56. The first-order valence-corrected chi connectivity index (χ1v) is 4.19. The minimum atomic E-state index is -1.09. The van der Waals surface area contributed by atoms with E-state index in [1.165, 1.54) is 6.08 Å². The summed E-state index contributed by atoms with van der Waals surface area (Å²) in [5.41, 5.74) is 0. The number of carboxylic acids is 2. The van der Waals surface area contributed by atoms with Crippen LogP contribution in [0.1, 0.15) is 26.2 Å². The van der Waals surface area contributed by atoms with Crippen LogP contribution in [0.25, 0.3) is 0 Å². The van der Waals surface area contributed by atoms with Gasteiger partial charge in [-0.25, -0.2) is 0 Å². The summed E-state index contributed by atoms with van der Waals surface area (Å²) >= 11 is 0. The number of allylic oxidation sites excluding steroid dienone is 1. The lowest BCUT2D eigenvalue weighted by Crippen LogP contribution is -2.15. The smallest absolute Gasteiger partial charge is 0.310 e. The van der Waals surface area contributed by atoms with Gasteiger partial charge >= 0.3 is 11.9 Å². The fourth-order valence-electron chi connectivity index (χ4n) is 0.853. The Morgan fingerprint density at radius 2 is 2.00 bits per heavy atom. The van der Waals surface area contributed by atoms with Gasteiger partial charge in [0.25, 0.3) is 0 Å². The van der Waals surface area contributed by atoms with Gasteiger partial charge in [-0.3, -0.25) is 9.59 Å². The first-order chi connectivity index (χ1) is 6.07. The summed E-state index contributed by atoms with van der Waals surface area (Å²) in [6.45, 7) is 1.97. The molecule has 4 heteroatoms. The molecule has 13 heavy (non-hydrogen) atoms. The van der Waals surface area contributed by atoms with Gasteiger partial charge in [-0.05, 0) is 6.42 Å². The first kappa shape index (κ1) is 11.7. The SMILES string of the molecule is CCC/C=C\C(CC(=O)O)C(=O)O. The summed E-state index contributed by atoms with van der Waals surface area (Å²) in [7, 11) is 0. The Bertz CT molecular complexity index is 208. The molecule has 0 spiro atoms. The Balaban J connectivity index is 4.09. The van der Waals surface area contributed by atoms with Crippen LogP contribution in [-0.2, 0) is 9.59 Å². The molecule has 2 N–H and O–H groups in total. The molecule has 0 rings (SSSR count). The van der Waals surface area contributed by atoms with Crippen molar-refractivity contribution in [2.24, 2.45) is 5.92 Å². The van der Waals surface area contributed by atoms with Crippen LogP contribution in [0.15, 0.2) is 12.2 Å². The van der Waals surface area contributed by atoms with Crippen molar-refractivity contribution >= 4 is 11.9 Å². The third-order valence-corrected chi connectivity index (χ3v) is 1.54. The van der Waals surface area contributed by atoms with E-state index in [9.17, 15) is 9.59 Å². The van der Waals surface area contributed by atoms with Crippen LogP contribution in [0.2, 0.25) is 0 Å². The van der Waals surface area contributed by atoms with Crippen molar-refractivity contribution in [3.8, 4) is 0 Å². The summed E-state index contributed by atoms with van der Waals surface area (Å²) in [6, 6.07) is 0. The van der Waals surface area contributed by atoms with Crippen molar-refractivity contribution in [1.29, 1.82) is 0 Å². The van der Waals surface area contributed by atoms with Crippen molar-refractivity contribution in [2.45, 2.75) is 26.2 Å². The third-order valence-electron chi connectivity index (χ3n) is 1.54. The molecule has 0 saturated heterocycles. The highest BCUT2D eigenvalue weighted by molar-refractivity contribution is 5.79. The Hall–Kier alpha value is -1.32. The Labute approximate surface area is 76.9 Å². The molecule has 0 aromatic carbocycles. The molecule has 0 saturated carbocycles. The second-order valence-electron chi connectivity index (χ2n) is 2.76. The van der Waals surface area contributed by atoms with Crippen molar-refractivity contribution in [1.82, 2.24) is 0 Å². The topological polar surface area (TPSA) is 74.6 Å². The predicted molar refractivity (Wildman–Crippen MR) is 47.4 cm³/mol. The number of rotatable bonds is 6. The van der Waals surface area contributed by atoms with Gasteiger partial charge in [0.15, 0.2) is 0 Å². The van der Waals surface area contributed by atoms with Gasteiger partial charge in [0.1, 0.15) is 0 Å². The first-order valence-electron chi connectivity index (χ1n) is 4.19. The molecule has 0 heterocycles. The van der Waals surface area contributed by atoms with Crippen LogP contribution in [0.4, 0.5) is 0 Å². The van der Waals surface area contributed by atoms with E-state index in [1.54, 1.807) is 6.08 Å². The molecule has 0 aliphatic heterocycles. The molecule has 0 aliphatic rings. The minimum absolute atomic E-state index is 0.352. The Morgan fingerprint density at radius 1 is 1.38 bits per heavy atom. The molecule has 0 amide bonds. The quantitative estimate of drug-likeness (QED) is 0.616. The van der Waals surface area contributed by atoms with Crippen LogP contribution in [0, 0.1) is 5.92 Å². The average molecular weight is 186 g/mol. The van der Waals surface area contributed by atoms with Gasteiger partial charge in [0, 0.05) is 0 Å². The van der Waals surface area contributed by atoms with Crippen LogP contribution >= 0.6 is 0 Å². The molecule has 74 valence electrons. The van der Waals surface area contributed by atoms with Gasteiger partial charge < -0.3 is 10.2 Å². The zero-order chi connectivity index (χ0) is 10.3. The molecule has 1 unspecified atom stereocenters. The van der Waals surface area contributed by atoms with E-state index in [0.717, 1.165) is 12.8 Å². The highest BCUT2D eigenvalue weighted by Gasteiger charge is 2.16. The summed E-state index contributed by atoms with van der Waals surface area (Å²) in [4.78, 5) is 20.8. The Morgan fingerprint density at radius 3 is 2.38 bits per heavy atom. The van der Waals surface area contributed by atoms with Crippen LogP contribution in [0.3, 0.4) is 0 Å². The minimum Gasteiger partial charge on any atom is -0.481 e. The molecule has 0 aliphatic carbocycles. The molecule has 1 atom stereocenters. The van der Waals surface area contributed by atoms with Crippen LogP contribution < -0.4 is 0 Å². The van der Waals surface area contributed by atoms with E-state index >= 15 is 0 Å². The largest absolute Gasteiger partial charge is 0.481 e. The van der Waals surface area contributed by atoms with E-state index in [1.807, 2.05) is 6.92 Å². The maximum Gasteiger partial charge on any atom is 0.310 e. The molecule has 0 fully saturated rings. The van der Waals surface area contributed by atoms with Crippen LogP contribution in [0.5, 0.6) is 0 Å². The van der Waals surface area contributed by atoms with E-state index in [4.69, 9.17) is 10.2 Å². The average Bonchev–Trinajstić information content (AvgIpc) is 2.02. The maximum atomic E-state index is 10.5. The molecule has 0 aromatic heterocycles. The zero-order valence-corrected chi connectivity index (χ0v) is 7.56. The lowest BCUT2D eigenvalue weighted by atomic mass is 10.1. The number of carbonyl (C=O) groups is 2. The molecule has 4 nitrogen and oxygen atoms in total. The van der Waals surface area contributed by atoms with Gasteiger partial charge in [0.2, 0.25) is 0 Å². The standard InChI is InChI=1S/C9H14O4/c1-2-3-4-5-7(9(12)13)6-8(10)11/h4-5,7H,2-3,6H2,1H3,(H,10,11)(H,12,13)/b5-4-. The summed E-state index contributed by atoms with van der Waals surface area (Å²) in [6.07, 6.45) is 4.51. The number of carboxylic acid groups (broad SMARTS) is 2. The fourth-order valence-corrected chi connectivity index (χ4v) is 0.853. The normalized spacial score (nSPS) is 13.0. The third kappa shape index (κ3) is 5.90. The van der Waals surface area contributed by atoms with Crippen molar-refractivity contribution in [3.63, 3.8) is 0 Å². The van der Waals surface area contributed by atoms with E-state index in [0.29, 0.717) is 0 Å². The highest BCUT2D eigenvalue weighted by Crippen LogP contribution is 2.06. The lowest BCUT2D eigenvalue weighted by Gasteiger charge is -2.02. The predicted octanol–water partition coefficient (Wildman–Crippen LogP) is 1.52. The maximum absolute atomic E-state index is 10.5. The van der Waals surface area contributed by atoms with Gasteiger partial charge in [0.05, 0.1) is 12.3 Å². The van der Waals surface area contributed by atoms with Gasteiger partial charge in [-0.2, -0.15) is 0 Å². The summed E-state index contributed by atoms with van der Waals surface area (Å²) in [5.74, 6) is -3.08. The van der Waals surface area contributed by atoms with E-state index in [2.05, 4.69) is 0 Å². The second kappa shape index (κ2) is 6.22. The Kier molecular flexibility index (Phi) is 5.59. The highest BCUT2D eigenvalue weighted by atomic mass is 16.4. The number of hydrogen-bond donors (Lipinski definition) is 2. The lowest BCUT2D eigenvalue weighted by molar-refractivity contribution is -0.146.